The van der Waals surface area contributed by atoms with Crippen molar-refractivity contribution < 1.29 is 4.79 Å². The molecule has 2 unspecified atom stereocenters. The highest BCUT2D eigenvalue weighted by Gasteiger charge is 2.26. The molecule has 1 amide bonds. The Balaban J connectivity index is 1.87. The average Bonchev–Trinajstić information content (AvgIpc) is 2.75. The van der Waals surface area contributed by atoms with Crippen LogP contribution in [0.4, 0.5) is 5.13 Å². The predicted octanol–water partition coefficient (Wildman–Crippen LogP) is 2.84. The molecule has 1 aromatic heterocycles. The zero-order valence-electron chi connectivity index (χ0n) is 11.5. The van der Waals surface area contributed by atoms with Crippen LogP contribution in [-0.4, -0.2) is 39.4 Å². The third kappa shape index (κ3) is 2.62. The molecular weight excluding hydrogens is 290 g/mol. The van der Waals surface area contributed by atoms with E-state index in [1.165, 1.54) is 11.3 Å². The lowest BCUT2D eigenvalue weighted by Crippen LogP contribution is -2.44. The molecule has 2 aromatic rings. The fourth-order valence-electron chi connectivity index (χ4n) is 2.60. The van der Waals surface area contributed by atoms with Gasteiger partial charge in [-0.15, -0.1) is 0 Å². The molecule has 3 rings (SSSR count). The number of thiazole rings is 1. The first-order chi connectivity index (χ1) is 9.52. The van der Waals surface area contributed by atoms with Crippen LogP contribution in [0.3, 0.4) is 0 Å². The van der Waals surface area contributed by atoms with Gasteiger partial charge in [0.2, 0.25) is 0 Å². The molecule has 20 heavy (non-hydrogen) atoms. The Kier molecular flexibility index (Phi) is 3.60. The Hall–Kier alpha value is -1.27. The minimum atomic E-state index is 0.109. The van der Waals surface area contributed by atoms with E-state index in [0.717, 1.165) is 28.9 Å². The largest absolute Gasteiger partial charge is 0.375 e. The number of hydrogen-bond donors (Lipinski definition) is 1. The zero-order valence-corrected chi connectivity index (χ0v) is 13.1. The Bertz CT molecular complexity index is 645. The number of aromatic nitrogens is 1. The van der Waals surface area contributed by atoms with Gasteiger partial charge in [-0.3, -0.25) is 4.79 Å². The quantitative estimate of drug-likeness (QED) is 0.880. The van der Waals surface area contributed by atoms with Gasteiger partial charge in [0.25, 0.3) is 5.91 Å². The second-order valence-corrected chi connectivity index (χ2v) is 8.15. The lowest BCUT2D eigenvalue weighted by atomic mass is 10.1. The molecule has 1 saturated heterocycles. The molecule has 0 radical (unpaired) electrons. The van der Waals surface area contributed by atoms with Crippen molar-refractivity contribution in [3.8, 4) is 0 Å². The number of benzene rings is 1. The van der Waals surface area contributed by atoms with Gasteiger partial charge in [0.1, 0.15) is 0 Å². The molecule has 2 atom stereocenters. The van der Waals surface area contributed by atoms with Crippen molar-refractivity contribution in [2.24, 2.45) is 0 Å². The van der Waals surface area contributed by atoms with Crippen LogP contribution in [0.2, 0.25) is 0 Å². The van der Waals surface area contributed by atoms with Gasteiger partial charge in [-0.05, 0) is 18.2 Å². The van der Waals surface area contributed by atoms with Gasteiger partial charge in [-0.25, -0.2) is 4.98 Å². The number of amides is 1. The summed E-state index contributed by atoms with van der Waals surface area (Å²) in [6, 6.07) is 5.63. The molecule has 0 spiro atoms. The van der Waals surface area contributed by atoms with E-state index in [1.54, 1.807) is 0 Å². The van der Waals surface area contributed by atoms with E-state index in [-0.39, 0.29) is 5.91 Å². The summed E-state index contributed by atoms with van der Waals surface area (Å²) >= 11 is 3.37. The third-order valence-electron chi connectivity index (χ3n) is 3.36. The van der Waals surface area contributed by atoms with E-state index >= 15 is 0 Å². The Morgan fingerprint density at radius 3 is 2.75 bits per heavy atom. The van der Waals surface area contributed by atoms with Crippen molar-refractivity contribution in [2.75, 3.05) is 18.8 Å². The van der Waals surface area contributed by atoms with Gasteiger partial charge < -0.3 is 10.6 Å². The van der Waals surface area contributed by atoms with Crippen molar-refractivity contribution in [1.82, 2.24) is 9.88 Å². The predicted molar refractivity (Wildman–Crippen MR) is 86.5 cm³/mol. The minimum Gasteiger partial charge on any atom is -0.375 e. The highest BCUT2D eigenvalue weighted by atomic mass is 32.2. The maximum absolute atomic E-state index is 12.6. The number of nitrogen functional groups attached to an aromatic ring is 1. The monoisotopic (exact) mass is 307 g/mol. The molecule has 2 N–H and O–H groups in total. The van der Waals surface area contributed by atoms with Crippen molar-refractivity contribution in [2.45, 2.75) is 24.3 Å². The number of thioether (sulfide) groups is 1. The van der Waals surface area contributed by atoms with Crippen LogP contribution in [0.5, 0.6) is 0 Å². The van der Waals surface area contributed by atoms with Gasteiger partial charge in [0, 0.05) is 29.2 Å². The standard InChI is InChI=1S/C14H17N3OS2/c1-8-6-17(7-9(2)19-8)13(18)10-3-4-11-12(5-10)20-14(15)16-11/h3-5,8-9H,6-7H2,1-2H3,(H2,15,16). The first kappa shape index (κ1) is 13.7. The molecule has 1 aliphatic rings. The number of nitrogens with two attached hydrogens (primary N) is 1. The smallest absolute Gasteiger partial charge is 0.253 e. The van der Waals surface area contributed by atoms with E-state index in [2.05, 4.69) is 18.8 Å². The Morgan fingerprint density at radius 1 is 1.35 bits per heavy atom. The van der Waals surface area contributed by atoms with Gasteiger partial charge >= 0.3 is 0 Å². The zero-order chi connectivity index (χ0) is 14.3. The molecule has 0 saturated carbocycles. The van der Waals surface area contributed by atoms with E-state index < -0.39 is 0 Å². The molecule has 106 valence electrons. The molecule has 2 heterocycles. The molecule has 6 heteroatoms. The maximum Gasteiger partial charge on any atom is 0.253 e. The summed E-state index contributed by atoms with van der Waals surface area (Å²) in [4.78, 5) is 18.8. The van der Waals surface area contributed by atoms with Crippen molar-refractivity contribution in [3.05, 3.63) is 23.8 Å². The molecule has 0 aliphatic carbocycles. The van der Waals surface area contributed by atoms with Crippen LogP contribution in [0, 0.1) is 0 Å². The fraction of sp³-hybridized carbons (Fsp3) is 0.429. The summed E-state index contributed by atoms with van der Waals surface area (Å²) in [7, 11) is 0. The van der Waals surface area contributed by atoms with Crippen LogP contribution < -0.4 is 5.73 Å². The first-order valence-electron chi connectivity index (χ1n) is 6.63. The average molecular weight is 307 g/mol. The minimum absolute atomic E-state index is 0.109. The van der Waals surface area contributed by atoms with Gasteiger partial charge in [-0.1, -0.05) is 25.2 Å². The van der Waals surface area contributed by atoms with Gasteiger partial charge in [0.15, 0.2) is 5.13 Å². The molecule has 1 aromatic carbocycles. The highest BCUT2D eigenvalue weighted by Crippen LogP contribution is 2.28. The molecular formula is C14H17N3OS2. The normalized spacial score (nSPS) is 23.2. The maximum atomic E-state index is 12.6. The molecule has 1 fully saturated rings. The summed E-state index contributed by atoms with van der Waals surface area (Å²) in [5, 5.41) is 1.53. The number of carbonyl (C=O) groups excluding carboxylic acids is 1. The SMILES string of the molecule is CC1CN(C(=O)c2ccc3nc(N)sc3c2)CC(C)S1. The van der Waals surface area contributed by atoms with Crippen LogP contribution in [0.25, 0.3) is 10.2 Å². The van der Waals surface area contributed by atoms with E-state index in [1.807, 2.05) is 34.9 Å². The lowest BCUT2D eigenvalue weighted by molar-refractivity contribution is 0.0753. The summed E-state index contributed by atoms with van der Waals surface area (Å²) in [6.45, 7) is 5.98. The number of carbonyl (C=O) groups is 1. The number of fused-ring (bicyclic) bond motifs is 1. The van der Waals surface area contributed by atoms with Crippen LogP contribution in [-0.2, 0) is 0 Å². The van der Waals surface area contributed by atoms with E-state index in [0.29, 0.717) is 15.6 Å². The van der Waals surface area contributed by atoms with Crippen molar-refractivity contribution in [1.29, 1.82) is 0 Å². The third-order valence-corrected chi connectivity index (χ3v) is 5.43. The van der Waals surface area contributed by atoms with Crippen molar-refractivity contribution >= 4 is 44.4 Å². The number of nitrogens with zero attached hydrogens (tertiary/aromatic N) is 2. The van der Waals surface area contributed by atoms with Gasteiger partial charge in [0.05, 0.1) is 10.2 Å². The summed E-state index contributed by atoms with van der Waals surface area (Å²) in [5.74, 6) is 0.109. The van der Waals surface area contributed by atoms with E-state index in [4.69, 9.17) is 5.73 Å². The summed E-state index contributed by atoms with van der Waals surface area (Å²) in [5.41, 5.74) is 7.30. The Labute approximate surface area is 126 Å². The van der Waals surface area contributed by atoms with Crippen LogP contribution in [0.15, 0.2) is 18.2 Å². The van der Waals surface area contributed by atoms with E-state index in [9.17, 15) is 4.79 Å². The fourth-order valence-corrected chi connectivity index (χ4v) is 4.70. The lowest BCUT2D eigenvalue weighted by Gasteiger charge is -2.34. The summed E-state index contributed by atoms with van der Waals surface area (Å²) in [6.07, 6.45) is 0. The van der Waals surface area contributed by atoms with Crippen molar-refractivity contribution in [3.63, 3.8) is 0 Å². The highest BCUT2D eigenvalue weighted by molar-refractivity contribution is 8.00. The number of anilines is 1. The van der Waals surface area contributed by atoms with Crippen LogP contribution >= 0.6 is 23.1 Å². The van der Waals surface area contributed by atoms with Crippen LogP contribution in [0.1, 0.15) is 24.2 Å². The molecule has 4 nitrogen and oxygen atoms in total. The number of rotatable bonds is 1. The molecule has 0 bridgehead atoms. The second-order valence-electron chi connectivity index (χ2n) is 5.20. The Morgan fingerprint density at radius 2 is 2.05 bits per heavy atom. The number of hydrogen-bond acceptors (Lipinski definition) is 5. The second kappa shape index (κ2) is 5.26. The molecule has 1 aliphatic heterocycles. The van der Waals surface area contributed by atoms with Gasteiger partial charge in [-0.2, -0.15) is 11.8 Å². The first-order valence-corrected chi connectivity index (χ1v) is 8.39. The summed E-state index contributed by atoms with van der Waals surface area (Å²) < 4.78 is 0.973. The topological polar surface area (TPSA) is 59.2 Å².